The van der Waals surface area contributed by atoms with Crippen LogP contribution in [0.3, 0.4) is 0 Å². The van der Waals surface area contributed by atoms with Gasteiger partial charge in [-0.1, -0.05) is 56.3 Å². The summed E-state index contributed by atoms with van der Waals surface area (Å²) in [6.07, 6.45) is 0. The number of aromatic nitrogens is 1. The standard InChI is InChI=1S/C19H19NO2S/c1-14(2)16-9-7-15(8-10-16)13-23(21,22)19-12-11-17-5-3-4-6-18(17)20-19/h3-12,14H,13H2,1-2H3. The fraction of sp³-hybridized carbons (Fsp3) is 0.211. The monoisotopic (exact) mass is 325 g/mol. The first-order valence-corrected chi connectivity index (χ1v) is 9.28. The lowest BCUT2D eigenvalue weighted by Crippen LogP contribution is -2.07. The minimum Gasteiger partial charge on any atom is -0.236 e. The molecule has 1 heterocycles. The molecule has 0 radical (unpaired) electrons. The second-order valence-corrected chi connectivity index (χ2v) is 7.93. The lowest BCUT2D eigenvalue weighted by Gasteiger charge is -2.08. The molecule has 0 unspecified atom stereocenters. The van der Waals surface area contributed by atoms with Crippen molar-refractivity contribution in [1.82, 2.24) is 4.98 Å². The number of hydrogen-bond donors (Lipinski definition) is 0. The summed E-state index contributed by atoms with van der Waals surface area (Å²) in [7, 11) is -3.45. The Hall–Kier alpha value is -2.20. The summed E-state index contributed by atoms with van der Waals surface area (Å²) < 4.78 is 25.2. The van der Waals surface area contributed by atoms with Gasteiger partial charge in [-0.05, 0) is 35.2 Å². The maximum atomic E-state index is 12.6. The summed E-state index contributed by atoms with van der Waals surface area (Å²) in [5, 5.41) is 1.07. The van der Waals surface area contributed by atoms with Gasteiger partial charge < -0.3 is 0 Å². The third kappa shape index (κ3) is 3.42. The normalized spacial score (nSPS) is 12.0. The molecule has 3 aromatic rings. The van der Waals surface area contributed by atoms with Crippen LogP contribution in [0.15, 0.2) is 65.7 Å². The zero-order valence-electron chi connectivity index (χ0n) is 13.2. The molecule has 0 spiro atoms. The molecule has 23 heavy (non-hydrogen) atoms. The van der Waals surface area contributed by atoms with Gasteiger partial charge in [0.1, 0.15) is 0 Å². The van der Waals surface area contributed by atoms with Crippen LogP contribution in [0.1, 0.15) is 30.9 Å². The molecule has 0 bridgehead atoms. The number of sulfone groups is 1. The highest BCUT2D eigenvalue weighted by atomic mass is 32.2. The Balaban J connectivity index is 1.90. The Kier molecular flexibility index (Phi) is 4.18. The Labute approximate surface area is 136 Å². The molecule has 4 heteroatoms. The summed E-state index contributed by atoms with van der Waals surface area (Å²) >= 11 is 0. The van der Waals surface area contributed by atoms with Gasteiger partial charge >= 0.3 is 0 Å². The van der Waals surface area contributed by atoms with Crippen LogP contribution in [0.25, 0.3) is 10.9 Å². The molecule has 0 fully saturated rings. The first-order valence-electron chi connectivity index (χ1n) is 7.63. The number of benzene rings is 2. The van der Waals surface area contributed by atoms with Crippen LogP contribution in [0.5, 0.6) is 0 Å². The molecule has 0 aliphatic carbocycles. The van der Waals surface area contributed by atoms with Gasteiger partial charge in [0.15, 0.2) is 14.9 Å². The Morgan fingerprint density at radius 3 is 2.30 bits per heavy atom. The summed E-state index contributed by atoms with van der Waals surface area (Å²) in [6, 6.07) is 18.6. The van der Waals surface area contributed by atoms with Crippen molar-refractivity contribution in [2.24, 2.45) is 0 Å². The average Bonchev–Trinajstić information content (AvgIpc) is 2.54. The van der Waals surface area contributed by atoms with E-state index >= 15 is 0 Å². The van der Waals surface area contributed by atoms with E-state index in [9.17, 15) is 8.42 Å². The van der Waals surface area contributed by atoms with Gasteiger partial charge in [0.25, 0.3) is 0 Å². The van der Waals surface area contributed by atoms with Crippen molar-refractivity contribution in [1.29, 1.82) is 0 Å². The Morgan fingerprint density at radius 1 is 0.913 bits per heavy atom. The lowest BCUT2D eigenvalue weighted by molar-refractivity contribution is 0.592. The zero-order valence-corrected chi connectivity index (χ0v) is 14.0. The van der Waals surface area contributed by atoms with E-state index in [2.05, 4.69) is 18.8 Å². The molecule has 0 saturated heterocycles. The van der Waals surface area contributed by atoms with Crippen LogP contribution in [0, 0.1) is 0 Å². The van der Waals surface area contributed by atoms with Crippen LogP contribution in [-0.4, -0.2) is 13.4 Å². The molecule has 118 valence electrons. The topological polar surface area (TPSA) is 47.0 Å². The highest BCUT2D eigenvalue weighted by Crippen LogP contribution is 2.20. The molecular weight excluding hydrogens is 306 g/mol. The number of nitrogens with zero attached hydrogens (tertiary/aromatic N) is 1. The fourth-order valence-electron chi connectivity index (χ4n) is 2.51. The summed E-state index contributed by atoms with van der Waals surface area (Å²) in [5.74, 6) is 0.402. The summed E-state index contributed by atoms with van der Waals surface area (Å²) in [5.41, 5.74) is 2.68. The van der Waals surface area contributed by atoms with E-state index in [0.29, 0.717) is 11.4 Å². The predicted octanol–water partition coefficient (Wildman–Crippen LogP) is 4.33. The van der Waals surface area contributed by atoms with Gasteiger partial charge in [0.05, 0.1) is 11.3 Å². The lowest BCUT2D eigenvalue weighted by atomic mass is 10.0. The number of hydrogen-bond acceptors (Lipinski definition) is 3. The van der Waals surface area contributed by atoms with E-state index in [-0.39, 0.29) is 10.8 Å². The summed E-state index contributed by atoms with van der Waals surface area (Å²) in [4.78, 5) is 4.30. The first kappa shape index (κ1) is 15.7. The second kappa shape index (κ2) is 6.13. The van der Waals surface area contributed by atoms with E-state index in [0.717, 1.165) is 10.9 Å². The second-order valence-electron chi connectivity index (χ2n) is 6.00. The van der Waals surface area contributed by atoms with Crippen molar-refractivity contribution < 1.29 is 8.42 Å². The maximum Gasteiger partial charge on any atom is 0.199 e. The third-order valence-electron chi connectivity index (χ3n) is 3.89. The predicted molar refractivity (Wildman–Crippen MR) is 93.2 cm³/mol. The van der Waals surface area contributed by atoms with Gasteiger partial charge in [0, 0.05) is 5.39 Å². The largest absolute Gasteiger partial charge is 0.236 e. The van der Waals surface area contributed by atoms with Gasteiger partial charge in [-0.15, -0.1) is 0 Å². The van der Waals surface area contributed by atoms with E-state index in [1.165, 1.54) is 5.56 Å². The molecule has 0 aliphatic heterocycles. The number of para-hydroxylation sites is 1. The zero-order chi connectivity index (χ0) is 16.4. The van der Waals surface area contributed by atoms with E-state index in [1.807, 2.05) is 48.5 Å². The van der Waals surface area contributed by atoms with Gasteiger partial charge in [-0.25, -0.2) is 13.4 Å². The van der Waals surface area contributed by atoms with E-state index < -0.39 is 9.84 Å². The highest BCUT2D eigenvalue weighted by Gasteiger charge is 2.17. The molecule has 0 aliphatic rings. The van der Waals surface area contributed by atoms with Gasteiger partial charge in [0.2, 0.25) is 0 Å². The molecule has 3 rings (SSSR count). The first-order chi connectivity index (χ1) is 11.0. The quantitative estimate of drug-likeness (QED) is 0.717. The SMILES string of the molecule is CC(C)c1ccc(CS(=O)(=O)c2ccc3ccccc3n2)cc1. The third-order valence-corrected chi connectivity index (χ3v) is 5.47. The van der Waals surface area contributed by atoms with E-state index in [4.69, 9.17) is 0 Å². The van der Waals surface area contributed by atoms with Crippen molar-refractivity contribution in [2.75, 3.05) is 0 Å². The molecule has 0 atom stereocenters. The minimum atomic E-state index is -3.45. The molecule has 0 amide bonds. The maximum absolute atomic E-state index is 12.6. The van der Waals surface area contributed by atoms with Crippen LogP contribution in [0.2, 0.25) is 0 Å². The summed E-state index contributed by atoms with van der Waals surface area (Å²) in [6.45, 7) is 4.23. The van der Waals surface area contributed by atoms with Crippen molar-refractivity contribution >= 4 is 20.7 Å². The van der Waals surface area contributed by atoms with Crippen molar-refractivity contribution in [3.8, 4) is 0 Å². The van der Waals surface area contributed by atoms with Crippen LogP contribution < -0.4 is 0 Å². The van der Waals surface area contributed by atoms with Crippen LogP contribution >= 0.6 is 0 Å². The van der Waals surface area contributed by atoms with Gasteiger partial charge in [-0.3, -0.25) is 0 Å². The minimum absolute atomic E-state index is 0.0310. The smallest absolute Gasteiger partial charge is 0.199 e. The number of pyridine rings is 1. The van der Waals surface area contributed by atoms with Crippen LogP contribution in [-0.2, 0) is 15.6 Å². The van der Waals surface area contributed by atoms with E-state index in [1.54, 1.807) is 12.1 Å². The molecule has 3 nitrogen and oxygen atoms in total. The molecule has 0 N–H and O–H groups in total. The van der Waals surface area contributed by atoms with Crippen molar-refractivity contribution in [2.45, 2.75) is 30.5 Å². The van der Waals surface area contributed by atoms with Crippen molar-refractivity contribution in [3.05, 3.63) is 71.8 Å². The molecule has 1 aromatic heterocycles. The number of rotatable bonds is 4. The molecular formula is C19H19NO2S. The Morgan fingerprint density at radius 2 is 1.61 bits per heavy atom. The van der Waals surface area contributed by atoms with Crippen LogP contribution in [0.4, 0.5) is 0 Å². The van der Waals surface area contributed by atoms with Crippen molar-refractivity contribution in [3.63, 3.8) is 0 Å². The molecule has 2 aromatic carbocycles. The Bertz CT molecular complexity index is 929. The average molecular weight is 325 g/mol. The van der Waals surface area contributed by atoms with Gasteiger partial charge in [-0.2, -0.15) is 0 Å². The highest BCUT2D eigenvalue weighted by molar-refractivity contribution is 7.90. The fourth-order valence-corrected chi connectivity index (χ4v) is 3.80. The number of fused-ring (bicyclic) bond motifs is 1. The molecule has 0 saturated carbocycles.